The SMILES string of the molecule is Cc1cc2c(cc1C)[N@@+]1(c3cccc(C(C)(C)C)c3)[CH-][N+]21c1cc(Oc2ccc3c4ccccc4n(-c4cc(C(C)(C)C)ccn4)c3c2)cc(-c2ccccc2C(C)C)c1. The van der Waals surface area contributed by atoms with Crippen molar-refractivity contribution in [2.45, 2.75) is 86.0 Å². The van der Waals surface area contributed by atoms with Gasteiger partial charge in [-0.3, -0.25) is 4.57 Å². The minimum Gasteiger partial charge on any atom is -0.457 e. The van der Waals surface area contributed by atoms with Crippen molar-refractivity contribution < 1.29 is 4.74 Å². The Bertz CT molecular complexity index is 3030. The van der Waals surface area contributed by atoms with E-state index in [9.17, 15) is 0 Å². The van der Waals surface area contributed by atoms with Crippen molar-refractivity contribution in [1.82, 2.24) is 18.7 Å². The zero-order chi connectivity index (χ0) is 41.9. The smallest absolute Gasteiger partial charge is 0.225 e. The molecule has 2 aliphatic rings. The van der Waals surface area contributed by atoms with Crippen LogP contribution in [0, 0.1) is 20.5 Å². The minimum atomic E-state index is -0.0111. The van der Waals surface area contributed by atoms with Gasteiger partial charge in [0.25, 0.3) is 0 Å². The molecular formula is C55H55N4O+. The van der Waals surface area contributed by atoms with E-state index in [1.165, 1.54) is 66.9 Å². The molecule has 1 fully saturated rings. The number of benzene rings is 6. The lowest BCUT2D eigenvalue weighted by Gasteiger charge is -2.41. The van der Waals surface area contributed by atoms with Gasteiger partial charge in [0.1, 0.15) is 17.3 Å². The van der Waals surface area contributed by atoms with E-state index in [0.29, 0.717) is 15.1 Å². The third-order valence-corrected chi connectivity index (χ3v) is 13.1. The molecule has 0 saturated carbocycles. The van der Waals surface area contributed by atoms with Crippen molar-refractivity contribution in [3.8, 4) is 28.4 Å². The fourth-order valence-corrected chi connectivity index (χ4v) is 9.59. The number of para-hydroxylation sites is 1. The van der Waals surface area contributed by atoms with Gasteiger partial charge >= 0.3 is 0 Å². The van der Waals surface area contributed by atoms with Gasteiger partial charge in [0, 0.05) is 59.4 Å². The van der Waals surface area contributed by atoms with Gasteiger partial charge in [-0.2, -0.15) is 9.18 Å². The predicted molar refractivity (Wildman–Crippen MR) is 252 cm³/mol. The normalized spacial score (nSPS) is 18.4. The van der Waals surface area contributed by atoms with Crippen molar-refractivity contribution in [2.75, 3.05) is 0 Å². The summed E-state index contributed by atoms with van der Waals surface area (Å²) >= 11 is 0. The summed E-state index contributed by atoms with van der Waals surface area (Å²) in [4.78, 5) is 4.93. The molecule has 0 N–H and O–H groups in total. The lowest BCUT2D eigenvalue weighted by molar-refractivity contribution is 0.422. The predicted octanol–water partition coefficient (Wildman–Crippen LogP) is 15.3. The molecule has 0 radical (unpaired) electrons. The first-order chi connectivity index (χ1) is 28.6. The maximum Gasteiger partial charge on any atom is 0.225 e. The molecule has 5 heteroatoms. The van der Waals surface area contributed by atoms with Gasteiger partial charge in [-0.15, -0.1) is 0 Å². The van der Waals surface area contributed by atoms with Crippen LogP contribution >= 0.6 is 0 Å². The summed E-state index contributed by atoms with van der Waals surface area (Å²) in [5.74, 6) is 2.85. The summed E-state index contributed by atoms with van der Waals surface area (Å²) in [5.41, 5.74) is 16.2. The lowest BCUT2D eigenvalue weighted by atomic mass is 9.86. The highest BCUT2D eigenvalue weighted by molar-refractivity contribution is 6.09. The number of aromatic nitrogens is 2. The molecule has 300 valence electrons. The average molecular weight is 788 g/mol. The van der Waals surface area contributed by atoms with Gasteiger partial charge in [0.2, 0.25) is 11.4 Å². The van der Waals surface area contributed by atoms with Gasteiger partial charge in [-0.05, 0) is 106 Å². The highest BCUT2D eigenvalue weighted by Gasteiger charge is 2.78. The molecule has 0 aliphatic carbocycles. The van der Waals surface area contributed by atoms with E-state index in [1.54, 1.807) is 0 Å². The molecule has 0 amide bonds. The van der Waals surface area contributed by atoms with E-state index in [0.717, 1.165) is 33.9 Å². The molecule has 2 aliphatic heterocycles. The van der Waals surface area contributed by atoms with Crippen molar-refractivity contribution in [2.24, 2.45) is 0 Å². The summed E-state index contributed by atoms with van der Waals surface area (Å²) in [6.45, 7) is 25.2. The molecule has 5 nitrogen and oxygen atoms in total. The minimum absolute atomic E-state index is 0.0111. The van der Waals surface area contributed by atoms with Gasteiger partial charge in [0.05, 0.1) is 11.0 Å². The first-order valence-corrected chi connectivity index (χ1v) is 21.4. The molecule has 8 aromatic rings. The zero-order valence-corrected chi connectivity index (χ0v) is 36.6. The fourth-order valence-electron chi connectivity index (χ4n) is 9.59. The number of quaternary nitrogens is 2. The van der Waals surface area contributed by atoms with E-state index in [4.69, 9.17) is 9.72 Å². The maximum atomic E-state index is 7.11. The number of nitrogens with zero attached hydrogens (tertiary/aromatic N) is 4. The van der Waals surface area contributed by atoms with E-state index >= 15 is 0 Å². The third kappa shape index (κ3) is 5.70. The van der Waals surface area contributed by atoms with Crippen LogP contribution in [0.4, 0.5) is 22.7 Å². The van der Waals surface area contributed by atoms with Crippen molar-refractivity contribution >= 4 is 44.6 Å². The second-order valence-electron chi connectivity index (χ2n) is 19.5. The number of aryl methyl sites for hydroxylation is 2. The number of pyridine rings is 1. The number of rotatable bonds is 7. The molecule has 60 heavy (non-hydrogen) atoms. The number of hydrogen-bond donors (Lipinski definition) is 0. The molecule has 2 atom stereocenters. The van der Waals surface area contributed by atoms with E-state index in [-0.39, 0.29) is 10.8 Å². The summed E-state index contributed by atoms with van der Waals surface area (Å²) in [6, 6.07) is 49.3. The fraction of sp³-hybridized carbons (Fsp3) is 0.236. The molecule has 0 bridgehead atoms. The Morgan fingerprint density at radius 2 is 1.25 bits per heavy atom. The second kappa shape index (κ2) is 13.2. The van der Waals surface area contributed by atoms with Gasteiger partial charge in [-0.25, -0.2) is 4.98 Å². The quantitative estimate of drug-likeness (QED) is 0.0914. The molecule has 6 aromatic carbocycles. The van der Waals surface area contributed by atoms with Crippen LogP contribution in [-0.2, 0) is 10.8 Å². The summed E-state index contributed by atoms with van der Waals surface area (Å²) in [5, 5.41) is 2.36. The molecule has 2 aromatic heterocycles. The Hall–Kier alpha value is -6.01. The standard InChI is InChI=1S/C55H55N4O/c1-35(2)45-18-11-12-19-46(45)38-28-42(59-34-58(59,51-26-36(3)37(4)27-52(51)59)41-17-15-16-39(30-41)54(5,6)7)32-44(29-38)60-43-22-23-48-47-20-13-14-21-49(47)57(50(48)33-43)53-31-40(24-25-56-53)55(8,9)10/h11-35H,1-10H3/q+1/t58-,59?/m0/s1. The monoisotopic (exact) mass is 787 g/mol. The largest absolute Gasteiger partial charge is 0.457 e. The lowest BCUT2D eigenvalue weighted by Crippen LogP contribution is -2.46. The second-order valence-corrected chi connectivity index (χ2v) is 19.5. The third-order valence-electron chi connectivity index (χ3n) is 13.1. The summed E-state index contributed by atoms with van der Waals surface area (Å²) < 4.78 is 10.6. The molecule has 10 rings (SSSR count). The van der Waals surface area contributed by atoms with Crippen LogP contribution in [0.3, 0.4) is 0 Å². The van der Waals surface area contributed by atoms with E-state index in [2.05, 4.69) is 214 Å². The Balaban J connectivity index is 1.16. The number of ether oxygens (including phenoxy) is 1. The highest BCUT2D eigenvalue weighted by atomic mass is 16.5. The zero-order valence-electron chi connectivity index (χ0n) is 36.6. The van der Waals surface area contributed by atoms with Crippen molar-refractivity contribution in [3.63, 3.8) is 0 Å². The van der Waals surface area contributed by atoms with Gasteiger partial charge in [-0.1, -0.05) is 110 Å². The first-order valence-electron chi connectivity index (χ1n) is 21.4. The average Bonchev–Trinajstić information content (AvgIpc) is 3.73. The Kier molecular flexibility index (Phi) is 8.43. The molecular weight excluding hydrogens is 733 g/mol. The summed E-state index contributed by atoms with van der Waals surface area (Å²) in [7, 11) is 0. The van der Waals surface area contributed by atoms with Crippen LogP contribution in [0.5, 0.6) is 11.5 Å². The van der Waals surface area contributed by atoms with Crippen LogP contribution in [0.25, 0.3) is 38.8 Å². The number of hydrogen-bond acceptors (Lipinski definition) is 2. The van der Waals surface area contributed by atoms with Crippen LogP contribution < -0.4 is 13.9 Å². The number of fused-ring (bicyclic) bond motifs is 7. The molecule has 1 unspecified atom stereocenters. The molecule has 0 spiro atoms. The van der Waals surface area contributed by atoms with Gasteiger partial charge in [0.15, 0.2) is 18.0 Å². The van der Waals surface area contributed by atoms with Crippen molar-refractivity contribution in [3.05, 3.63) is 174 Å². The molecule has 4 heterocycles. The Morgan fingerprint density at radius 1 is 0.583 bits per heavy atom. The van der Waals surface area contributed by atoms with E-state index < -0.39 is 0 Å². The first kappa shape index (κ1) is 38.2. The topological polar surface area (TPSA) is 27.1 Å². The van der Waals surface area contributed by atoms with Crippen LogP contribution in [-0.4, -0.2) is 9.55 Å². The molecule has 1 saturated heterocycles. The van der Waals surface area contributed by atoms with E-state index in [1.807, 2.05) is 6.20 Å². The van der Waals surface area contributed by atoms with Crippen LogP contribution in [0.15, 0.2) is 140 Å². The highest BCUT2D eigenvalue weighted by Crippen LogP contribution is 2.76. The Morgan fingerprint density at radius 3 is 1.98 bits per heavy atom. The van der Waals surface area contributed by atoms with Crippen molar-refractivity contribution in [1.29, 1.82) is 0 Å². The summed E-state index contributed by atoms with van der Waals surface area (Å²) in [6.07, 6.45) is 1.94. The van der Waals surface area contributed by atoms with Crippen LogP contribution in [0.1, 0.15) is 89.1 Å². The maximum absolute atomic E-state index is 7.11. The van der Waals surface area contributed by atoms with Gasteiger partial charge < -0.3 is 4.74 Å². The Labute approximate surface area is 355 Å². The van der Waals surface area contributed by atoms with Crippen LogP contribution in [0.2, 0.25) is 0 Å².